The molecule has 5 rings (SSSR count). The van der Waals surface area contributed by atoms with Crippen molar-refractivity contribution in [2.45, 2.75) is 25.8 Å². The number of nitriles is 1. The van der Waals surface area contributed by atoms with Gasteiger partial charge in [-0.15, -0.1) is 0 Å². The number of aromatic nitrogens is 1. The Morgan fingerprint density at radius 3 is 2.46 bits per heavy atom. The zero-order valence-corrected chi connectivity index (χ0v) is 15.2. The summed E-state index contributed by atoms with van der Waals surface area (Å²) in [6.45, 7) is 8.55. The van der Waals surface area contributed by atoms with Gasteiger partial charge in [-0.1, -0.05) is 0 Å². The standard InChI is InChI=1S/C19H25N5O2/c1-13-16(10-15(11-20)18(25)21-13)19(26)24-8-6-23(7-9-24)17-12-22-4-2-14(17)3-5-22/h10,14,17H,2-9,12H2,1H3,(H,21,25)/t17-/m1/s1. The highest BCUT2D eigenvalue weighted by Crippen LogP contribution is 2.31. The molecular formula is C19H25N5O2. The van der Waals surface area contributed by atoms with Gasteiger partial charge in [0, 0.05) is 44.5 Å². The third-order valence-electron chi connectivity index (χ3n) is 6.28. The molecule has 2 bridgehead atoms. The second-order valence-electron chi connectivity index (χ2n) is 7.70. The summed E-state index contributed by atoms with van der Waals surface area (Å²) in [5.41, 5.74) is 0.509. The monoisotopic (exact) mass is 355 g/mol. The van der Waals surface area contributed by atoms with E-state index in [-0.39, 0.29) is 11.5 Å². The zero-order chi connectivity index (χ0) is 18.3. The maximum Gasteiger partial charge on any atom is 0.266 e. The van der Waals surface area contributed by atoms with Gasteiger partial charge in [-0.05, 0) is 44.8 Å². The Labute approximate surface area is 153 Å². The summed E-state index contributed by atoms with van der Waals surface area (Å²) in [4.78, 5) is 34.2. The number of H-pyrrole nitrogens is 1. The second-order valence-corrected chi connectivity index (χ2v) is 7.70. The quantitative estimate of drug-likeness (QED) is 0.831. The molecule has 7 heteroatoms. The van der Waals surface area contributed by atoms with E-state index in [1.54, 1.807) is 6.92 Å². The number of hydrogen-bond acceptors (Lipinski definition) is 5. The van der Waals surface area contributed by atoms with Crippen molar-refractivity contribution in [1.29, 1.82) is 5.26 Å². The average molecular weight is 355 g/mol. The largest absolute Gasteiger partial charge is 0.336 e. The van der Waals surface area contributed by atoms with Gasteiger partial charge < -0.3 is 14.8 Å². The van der Waals surface area contributed by atoms with Crippen molar-refractivity contribution in [2.75, 3.05) is 45.8 Å². The molecule has 1 amide bonds. The summed E-state index contributed by atoms with van der Waals surface area (Å²) < 4.78 is 0. The fraction of sp³-hybridized carbons (Fsp3) is 0.632. The van der Waals surface area contributed by atoms with E-state index in [4.69, 9.17) is 5.26 Å². The van der Waals surface area contributed by atoms with Gasteiger partial charge in [-0.2, -0.15) is 5.26 Å². The van der Waals surface area contributed by atoms with Crippen LogP contribution in [0.2, 0.25) is 0 Å². The Kier molecular flexibility index (Phi) is 4.55. The number of hydrogen-bond donors (Lipinski definition) is 1. The number of rotatable bonds is 2. The topological polar surface area (TPSA) is 83.4 Å². The van der Waals surface area contributed by atoms with E-state index < -0.39 is 5.56 Å². The van der Waals surface area contributed by atoms with E-state index in [1.165, 1.54) is 38.5 Å². The van der Waals surface area contributed by atoms with Crippen LogP contribution in [0.1, 0.15) is 34.5 Å². The molecule has 4 saturated heterocycles. The number of pyridine rings is 1. The molecule has 0 radical (unpaired) electrons. The fourth-order valence-electron chi connectivity index (χ4n) is 4.70. The smallest absolute Gasteiger partial charge is 0.266 e. The summed E-state index contributed by atoms with van der Waals surface area (Å²) >= 11 is 0. The molecular weight excluding hydrogens is 330 g/mol. The average Bonchev–Trinajstić information content (AvgIpc) is 2.68. The second kappa shape index (κ2) is 6.86. The summed E-state index contributed by atoms with van der Waals surface area (Å²) in [6.07, 6.45) is 2.61. The van der Waals surface area contributed by atoms with Gasteiger partial charge in [0.05, 0.1) is 5.56 Å². The van der Waals surface area contributed by atoms with Crippen LogP contribution >= 0.6 is 0 Å². The molecule has 0 aliphatic carbocycles. The van der Waals surface area contributed by atoms with Crippen molar-refractivity contribution in [3.05, 3.63) is 33.2 Å². The van der Waals surface area contributed by atoms with Gasteiger partial charge in [-0.25, -0.2) is 0 Å². The Hall–Kier alpha value is -2.17. The van der Waals surface area contributed by atoms with Gasteiger partial charge >= 0.3 is 0 Å². The number of aryl methyl sites for hydroxylation is 1. The van der Waals surface area contributed by atoms with Crippen LogP contribution in [-0.4, -0.2) is 77.4 Å². The minimum Gasteiger partial charge on any atom is -0.336 e. The highest BCUT2D eigenvalue weighted by Gasteiger charge is 2.38. The highest BCUT2D eigenvalue weighted by molar-refractivity contribution is 5.95. The number of fused-ring (bicyclic) bond motifs is 3. The summed E-state index contributed by atoms with van der Waals surface area (Å²) in [5, 5.41) is 9.05. The lowest BCUT2D eigenvalue weighted by molar-refractivity contribution is -0.0131. The number of carbonyl (C=O) groups excluding carboxylic acids is 1. The molecule has 1 aromatic rings. The molecule has 26 heavy (non-hydrogen) atoms. The number of carbonyl (C=O) groups is 1. The molecule has 0 aromatic carbocycles. The highest BCUT2D eigenvalue weighted by atomic mass is 16.2. The van der Waals surface area contributed by atoms with Gasteiger partial charge in [0.25, 0.3) is 11.5 Å². The summed E-state index contributed by atoms with van der Waals surface area (Å²) in [6, 6.07) is 3.92. The van der Waals surface area contributed by atoms with Gasteiger partial charge in [0.1, 0.15) is 11.6 Å². The van der Waals surface area contributed by atoms with E-state index in [0.29, 0.717) is 30.4 Å². The maximum atomic E-state index is 12.9. The Balaban J connectivity index is 1.43. The van der Waals surface area contributed by atoms with Crippen molar-refractivity contribution >= 4 is 5.91 Å². The van der Waals surface area contributed by atoms with Crippen molar-refractivity contribution in [3.8, 4) is 6.07 Å². The number of piperazine rings is 1. The molecule has 0 saturated carbocycles. The van der Waals surface area contributed by atoms with Crippen molar-refractivity contribution in [3.63, 3.8) is 0 Å². The first-order chi connectivity index (χ1) is 12.6. The van der Waals surface area contributed by atoms with Crippen LogP contribution in [0.5, 0.6) is 0 Å². The van der Waals surface area contributed by atoms with Crippen LogP contribution < -0.4 is 5.56 Å². The predicted molar refractivity (Wildman–Crippen MR) is 96.9 cm³/mol. The lowest BCUT2D eigenvalue weighted by Crippen LogP contribution is -2.61. The maximum absolute atomic E-state index is 12.9. The SMILES string of the molecule is Cc1[nH]c(=O)c(C#N)cc1C(=O)N1CCN([C@@H]2CN3CCC2CC3)CC1. The summed E-state index contributed by atoms with van der Waals surface area (Å²) in [7, 11) is 0. The number of amides is 1. The zero-order valence-electron chi connectivity index (χ0n) is 15.2. The molecule has 0 unspecified atom stereocenters. The molecule has 1 atom stereocenters. The fourth-order valence-corrected chi connectivity index (χ4v) is 4.70. The molecule has 7 nitrogen and oxygen atoms in total. The van der Waals surface area contributed by atoms with Gasteiger partial charge in [0.2, 0.25) is 0 Å². The van der Waals surface area contributed by atoms with Crippen molar-refractivity contribution in [2.24, 2.45) is 5.92 Å². The molecule has 1 aromatic heterocycles. The first-order valence-electron chi connectivity index (χ1n) is 9.46. The molecule has 4 aliphatic heterocycles. The molecule has 138 valence electrons. The normalized spacial score (nSPS) is 28.8. The minimum absolute atomic E-state index is 0.00938. The van der Waals surface area contributed by atoms with Crippen molar-refractivity contribution < 1.29 is 4.79 Å². The lowest BCUT2D eigenvalue weighted by atomic mass is 9.83. The molecule has 4 aliphatic rings. The third-order valence-corrected chi connectivity index (χ3v) is 6.28. The predicted octanol–water partition coefficient (Wildman–Crippen LogP) is 0.407. The van der Waals surface area contributed by atoms with Gasteiger partial charge in [0.15, 0.2) is 0 Å². The molecule has 0 spiro atoms. The van der Waals surface area contributed by atoms with Crippen LogP contribution in [0, 0.1) is 24.2 Å². The Morgan fingerprint density at radius 1 is 1.19 bits per heavy atom. The number of aromatic amines is 1. The van der Waals surface area contributed by atoms with E-state index in [0.717, 1.165) is 19.0 Å². The van der Waals surface area contributed by atoms with Crippen LogP contribution in [0.3, 0.4) is 0 Å². The van der Waals surface area contributed by atoms with Gasteiger partial charge in [-0.3, -0.25) is 14.5 Å². The van der Waals surface area contributed by atoms with Crippen LogP contribution in [0.4, 0.5) is 0 Å². The molecule has 5 heterocycles. The Bertz CT molecular complexity index is 795. The number of nitrogens with one attached hydrogen (secondary N) is 1. The summed E-state index contributed by atoms with van der Waals surface area (Å²) in [5.74, 6) is 0.714. The lowest BCUT2D eigenvalue weighted by Gasteiger charge is -2.51. The first kappa shape index (κ1) is 17.3. The molecule has 1 N–H and O–H groups in total. The van der Waals surface area contributed by atoms with Crippen LogP contribution in [-0.2, 0) is 0 Å². The van der Waals surface area contributed by atoms with E-state index in [2.05, 4.69) is 14.8 Å². The number of nitrogens with zero attached hydrogens (tertiary/aromatic N) is 4. The van der Waals surface area contributed by atoms with Crippen molar-refractivity contribution in [1.82, 2.24) is 19.7 Å². The first-order valence-corrected chi connectivity index (χ1v) is 9.46. The number of piperidine rings is 3. The Morgan fingerprint density at radius 2 is 1.88 bits per heavy atom. The minimum atomic E-state index is -0.436. The van der Waals surface area contributed by atoms with Crippen LogP contribution in [0.25, 0.3) is 0 Å². The van der Waals surface area contributed by atoms with E-state index in [9.17, 15) is 9.59 Å². The van der Waals surface area contributed by atoms with Crippen LogP contribution in [0.15, 0.2) is 10.9 Å². The third kappa shape index (κ3) is 3.04. The van der Waals surface area contributed by atoms with E-state index >= 15 is 0 Å². The molecule has 4 fully saturated rings. The van der Waals surface area contributed by atoms with E-state index in [1.807, 2.05) is 11.0 Å².